The van der Waals surface area contributed by atoms with Gasteiger partial charge in [0, 0.05) is 0 Å². The summed E-state index contributed by atoms with van der Waals surface area (Å²) in [4.78, 5) is 10.6. The van der Waals surface area contributed by atoms with Crippen LogP contribution in [0.5, 0.6) is 5.75 Å². The average Bonchev–Trinajstić information content (AvgIpc) is 2.77. The van der Waals surface area contributed by atoms with Crippen LogP contribution in [0.2, 0.25) is 0 Å². The van der Waals surface area contributed by atoms with Crippen molar-refractivity contribution >= 4 is 18.1 Å². The van der Waals surface area contributed by atoms with Gasteiger partial charge in [0.2, 0.25) is 0 Å². The lowest BCUT2D eigenvalue weighted by atomic mass is 10.2. The highest BCUT2D eigenvalue weighted by Gasteiger charge is 2.05. The maximum atomic E-state index is 10.6. The Morgan fingerprint density at radius 2 is 1.94 bits per heavy atom. The van der Waals surface area contributed by atoms with Gasteiger partial charge in [0.05, 0.1) is 5.69 Å². The summed E-state index contributed by atoms with van der Waals surface area (Å²) in [7, 11) is 0. The minimum absolute atomic E-state index is 0.0182. The van der Waals surface area contributed by atoms with Gasteiger partial charge in [0.15, 0.2) is 5.69 Å². The molecular formula is C12H10N2O3. The second-order valence-electron chi connectivity index (χ2n) is 3.44. The van der Waals surface area contributed by atoms with Crippen molar-refractivity contribution in [1.29, 1.82) is 0 Å². The predicted molar refractivity (Wildman–Crippen MR) is 62.6 cm³/mol. The monoisotopic (exact) mass is 230 g/mol. The number of benzene rings is 1. The molecule has 0 saturated carbocycles. The van der Waals surface area contributed by atoms with Crippen LogP contribution in [0.25, 0.3) is 12.2 Å². The van der Waals surface area contributed by atoms with Gasteiger partial charge in [0.1, 0.15) is 5.75 Å². The molecule has 3 N–H and O–H groups in total. The molecule has 0 spiro atoms. The van der Waals surface area contributed by atoms with Crippen molar-refractivity contribution in [3.05, 3.63) is 47.3 Å². The van der Waals surface area contributed by atoms with Crippen molar-refractivity contribution in [2.45, 2.75) is 0 Å². The van der Waals surface area contributed by atoms with Gasteiger partial charge >= 0.3 is 5.97 Å². The minimum Gasteiger partial charge on any atom is -0.508 e. The van der Waals surface area contributed by atoms with Gasteiger partial charge in [-0.15, -0.1) is 0 Å². The third kappa shape index (κ3) is 2.72. The van der Waals surface area contributed by atoms with Gasteiger partial charge < -0.3 is 10.2 Å². The fourth-order valence-electron chi connectivity index (χ4n) is 1.30. The number of phenolic OH excluding ortho intramolecular Hbond substituents is 1. The molecule has 0 saturated heterocycles. The number of phenols is 1. The number of aromatic nitrogens is 2. The van der Waals surface area contributed by atoms with Gasteiger partial charge in [-0.3, -0.25) is 5.10 Å². The zero-order chi connectivity index (χ0) is 12.3. The van der Waals surface area contributed by atoms with Gasteiger partial charge in [-0.25, -0.2) is 4.79 Å². The Kier molecular flexibility index (Phi) is 2.91. The van der Waals surface area contributed by atoms with E-state index in [1.54, 1.807) is 36.4 Å². The minimum atomic E-state index is -1.06. The quantitative estimate of drug-likeness (QED) is 0.752. The van der Waals surface area contributed by atoms with Gasteiger partial charge in [-0.2, -0.15) is 5.10 Å². The van der Waals surface area contributed by atoms with Crippen molar-refractivity contribution < 1.29 is 15.0 Å². The largest absolute Gasteiger partial charge is 0.508 e. The van der Waals surface area contributed by atoms with Crippen LogP contribution in [0.3, 0.4) is 0 Å². The second-order valence-corrected chi connectivity index (χ2v) is 3.44. The zero-order valence-corrected chi connectivity index (χ0v) is 8.79. The van der Waals surface area contributed by atoms with Crippen molar-refractivity contribution in [1.82, 2.24) is 10.2 Å². The molecule has 0 unspecified atom stereocenters. The first-order valence-electron chi connectivity index (χ1n) is 4.91. The first-order chi connectivity index (χ1) is 8.15. The van der Waals surface area contributed by atoms with Crippen LogP contribution >= 0.6 is 0 Å². The molecule has 0 aliphatic carbocycles. The summed E-state index contributed by atoms with van der Waals surface area (Å²) in [6, 6.07) is 8.10. The van der Waals surface area contributed by atoms with E-state index in [4.69, 9.17) is 10.2 Å². The van der Waals surface area contributed by atoms with E-state index in [-0.39, 0.29) is 11.4 Å². The van der Waals surface area contributed by atoms with E-state index >= 15 is 0 Å². The van der Waals surface area contributed by atoms with E-state index in [0.717, 1.165) is 5.56 Å². The first-order valence-corrected chi connectivity index (χ1v) is 4.91. The van der Waals surface area contributed by atoms with Crippen molar-refractivity contribution in [3.63, 3.8) is 0 Å². The number of aromatic carboxylic acids is 1. The third-order valence-electron chi connectivity index (χ3n) is 2.17. The Balaban J connectivity index is 2.14. The van der Waals surface area contributed by atoms with E-state index in [0.29, 0.717) is 5.69 Å². The Morgan fingerprint density at radius 1 is 1.24 bits per heavy atom. The molecule has 86 valence electrons. The maximum Gasteiger partial charge on any atom is 0.356 e. The van der Waals surface area contributed by atoms with E-state index < -0.39 is 5.97 Å². The fraction of sp³-hybridized carbons (Fsp3) is 0. The molecule has 0 bridgehead atoms. The standard InChI is InChI=1S/C12H10N2O3/c15-10-5-2-8(3-6-10)1-4-9-7-11(12(16)17)14-13-9/h1-7,15H,(H,13,14)(H,16,17)/b4-1+. The van der Waals surface area contributed by atoms with Crippen molar-refractivity contribution in [2.75, 3.05) is 0 Å². The highest BCUT2D eigenvalue weighted by molar-refractivity contribution is 5.86. The van der Waals surface area contributed by atoms with Crippen LogP contribution in [-0.2, 0) is 0 Å². The number of nitrogens with zero attached hydrogens (tertiary/aromatic N) is 1. The summed E-state index contributed by atoms with van der Waals surface area (Å²) >= 11 is 0. The van der Waals surface area contributed by atoms with Crippen LogP contribution < -0.4 is 0 Å². The van der Waals surface area contributed by atoms with E-state index in [2.05, 4.69) is 10.2 Å². The number of hydrogen-bond donors (Lipinski definition) is 3. The molecule has 2 aromatic rings. The summed E-state index contributed by atoms with van der Waals surface area (Å²) < 4.78 is 0. The number of hydrogen-bond acceptors (Lipinski definition) is 3. The lowest BCUT2D eigenvalue weighted by molar-refractivity contribution is 0.0690. The Hall–Kier alpha value is -2.56. The van der Waals surface area contributed by atoms with Crippen LogP contribution in [0.1, 0.15) is 21.7 Å². The van der Waals surface area contributed by atoms with Crippen molar-refractivity contribution in [2.24, 2.45) is 0 Å². The Bertz CT molecular complexity index is 555. The molecule has 1 aromatic carbocycles. The SMILES string of the molecule is O=C(O)c1cc(/C=C/c2ccc(O)cc2)[nH]n1. The van der Waals surface area contributed by atoms with E-state index in [1.807, 2.05) is 0 Å². The second kappa shape index (κ2) is 4.52. The summed E-state index contributed by atoms with van der Waals surface area (Å²) in [5.41, 5.74) is 1.49. The lowest BCUT2D eigenvalue weighted by Gasteiger charge is -1.93. The summed E-state index contributed by atoms with van der Waals surface area (Å²) in [5, 5.41) is 24.0. The molecule has 0 aliphatic heterocycles. The molecule has 17 heavy (non-hydrogen) atoms. The number of aromatic amines is 1. The highest BCUT2D eigenvalue weighted by atomic mass is 16.4. The van der Waals surface area contributed by atoms with Crippen LogP contribution in [0.4, 0.5) is 0 Å². The normalized spacial score (nSPS) is 10.8. The predicted octanol–water partition coefficient (Wildman–Crippen LogP) is 1.98. The number of rotatable bonds is 3. The van der Waals surface area contributed by atoms with E-state index in [9.17, 15) is 4.79 Å². The molecular weight excluding hydrogens is 220 g/mol. The number of carbonyl (C=O) groups is 1. The molecule has 0 atom stereocenters. The number of carboxylic acids is 1. The van der Waals surface area contributed by atoms with Gasteiger partial charge in [0.25, 0.3) is 0 Å². The van der Waals surface area contributed by atoms with Crippen molar-refractivity contribution in [3.8, 4) is 5.75 Å². The molecule has 0 fully saturated rings. The molecule has 0 aliphatic rings. The summed E-state index contributed by atoms with van der Waals surface area (Å²) in [6.07, 6.45) is 3.50. The molecule has 0 amide bonds. The number of aromatic hydroxyl groups is 1. The third-order valence-corrected chi connectivity index (χ3v) is 2.17. The lowest BCUT2D eigenvalue weighted by Crippen LogP contribution is -1.95. The number of H-pyrrole nitrogens is 1. The summed E-state index contributed by atoms with van der Waals surface area (Å²) in [5.74, 6) is -0.859. The van der Waals surface area contributed by atoms with Crippen LogP contribution in [0.15, 0.2) is 30.3 Å². The molecule has 1 aromatic heterocycles. The first kappa shape index (κ1) is 10.9. The Morgan fingerprint density at radius 3 is 2.53 bits per heavy atom. The van der Waals surface area contributed by atoms with Gasteiger partial charge in [-0.1, -0.05) is 18.2 Å². The number of carboxylic acid groups (broad SMARTS) is 1. The highest BCUT2D eigenvalue weighted by Crippen LogP contribution is 2.12. The van der Waals surface area contributed by atoms with Crippen LogP contribution in [0, 0.1) is 0 Å². The summed E-state index contributed by atoms with van der Waals surface area (Å²) in [6.45, 7) is 0. The molecule has 5 nitrogen and oxygen atoms in total. The Labute approximate surface area is 97.0 Å². The zero-order valence-electron chi connectivity index (χ0n) is 8.79. The topological polar surface area (TPSA) is 86.2 Å². The molecule has 1 heterocycles. The van der Waals surface area contributed by atoms with Crippen LogP contribution in [-0.4, -0.2) is 26.4 Å². The van der Waals surface area contributed by atoms with Gasteiger partial charge in [-0.05, 0) is 29.8 Å². The average molecular weight is 230 g/mol. The molecule has 2 rings (SSSR count). The smallest absolute Gasteiger partial charge is 0.356 e. The fourth-order valence-corrected chi connectivity index (χ4v) is 1.30. The molecule has 5 heteroatoms. The number of nitrogens with one attached hydrogen (secondary N) is 1. The molecule has 0 radical (unpaired) electrons. The maximum absolute atomic E-state index is 10.6. The van der Waals surface area contributed by atoms with E-state index in [1.165, 1.54) is 6.07 Å².